The van der Waals surface area contributed by atoms with Crippen molar-refractivity contribution in [2.45, 2.75) is 32.5 Å². The third-order valence-corrected chi connectivity index (χ3v) is 4.11. The zero-order chi connectivity index (χ0) is 15.9. The molecule has 7 heteroatoms. The second-order valence-corrected chi connectivity index (χ2v) is 6.55. The van der Waals surface area contributed by atoms with Crippen LogP contribution < -0.4 is 0 Å². The fourth-order valence-corrected chi connectivity index (χ4v) is 3.34. The first-order valence-corrected chi connectivity index (χ1v) is 7.94. The topological polar surface area (TPSA) is 46.8 Å². The minimum atomic E-state index is 0.0487. The molecular formula is C15H17Cl2N3O2. The molecule has 0 saturated carbocycles. The van der Waals surface area contributed by atoms with Gasteiger partial charge in [-0.15, -0.1) is 0 Å². The Morgan fingerprint density at radius 2 is 2.00 bits per heavy atom. The fraction of sp³-hybridized carbons (Fsp3) is 0.467. The molecule has 22 heavy (non-hydrogen) atoms. The van der Waals surface area contributed by atoms with Gasteiger partial charge >= 0.3 is 0 Å². The van der Waals surface area contributed by atoms with E-state index < -0.39 is 0 Å². The molecule has 0 aliphatic carbocycles. The van der Waals surface area contributed by atoms with Crippen molar-refractivity contribution in [3.05, 3.63) is 34.2 Å². The number of carbonyl (C=O) groups is 1. The van der Waals surface area contributed by atoms with Crippen LogP contribution in [0.5, 0.6) is 0 Å². The van der Waals surface area contributed by atoms with Crippen molar-refractivity contribution in [2.75, 3.05) is 13.1 Å². The van der Waals surface area contributed by atoms with E-state index in [1.54, 1.807) is 22.9 Å². The van der Waals surface area contributed by atoms with E-state index in [0.29, 0.717) is 34.5 Å². The summed E-state index contributed by atoms with van der Waals surface area (Å²) >= 11 is 12.1. The van der Waals surface area contributed by atoms with E-state index in [4.69, 9.17) is 27.9 Å². The van der Waals surface area contributed by atoms with Gasteiger partial charge in [0.2, 0.25) is 5.91 Å². The molecule has 2 aromatic heterocycles. The molecule has 118 valence electrons. The number of halogens is 2. The molecule has 1 aliphatic heterocycles. The Morgan fingerprint density at radius 3 is 2.68 bits per heavy atom. The number of hydrogen-bond donors (Lipinski definition) is 0. The van der Waals surface area contributed by atoms with E-state index in [-0.39, 0.29) is 24.5 Å². The van der Waals surface area contributed by atoms with Crippen molar-refractivity contribution < 1.29 is 9.53 Å². The normalized spacial score (nSPS) is 22.3. The Hall–Kier alpha value is -1.30. The average molecular weight is 342 g/mol. The van der Waals surface area contributed by atoms with Crippen LogP contribution in [0.2, 0.25) is 10.0 Å². The van der Waals surface area contributed by atoms with Crippen molar-refractivity contribution in [1.29, 1.82) is 0 Å². The standard InChI is InChI=1S/C15H17Cl2N3O2/c1-9-5-19(6-10(2)22-9)14(21)4-12-8-20-7-11(16)3-13(17)15(20)18-12/h3,7-10H,4-6H2,1-2H3/t9-,10+. The van der Waals surface area contributed by atoms with E-state index in [9.17, 15) is 4.79 Å². The number of imidazole rings is 1. The van der Waals surface area contributed by atoms with E-state index in [1.165, 1.54) is 0 Å². The minimum absolute atomic E-state index is 0.0487. The monoisotopic (exact) mass is 341 g/mol. The predicted molar refractivity (Wildman–Crippen MR) is 85.5 cm³/mol. The number of fused-ring (bicyclic) bond motifs is 1. The number of amides is 1. The summed E-state index contributed by atoms with van der Waals surface area (Å²) in [6.07, 6.45) is 3.87. The number of pyridine rings is 1. The largest absolute Gasteiger partial charge is 0.372 e. The molecule has 0 aromatic carbocycles. The molecule has 1 saturated heterocycles. The van der Waals surface area contributed by atoms with Crippen LogP contribution in [0.25, 0.3) is 5.65 Å². The minimum Gasteiger partial charge on any atom is -0.372 e. The lowest BCUT2D eigenvalue weighted by Crippen LogP contribution is -2.48. The highest BCUT2D eigenvalue weighted by Crippen LogP contribution is 2.22. The highest BCUT2D eigenvalue weighted by atomic mass is 35.5. The smallest absolute Gasteiger partial charge is 0.228 e. The summed E-state index contributed by atoms with van der Waals surface area (Å²) in [5, 5.41) is 1.00. The van der Waals surface area contributed by atoms with Gasteiger partial charge in [-0.25, -0.2) is 4.98 Å². The summed E-state index contributed by atoms with van der Waals surface area (Å²) < 4.78 is 7.40. The van der Waals surface area contributed by atoms with Gasteiger partial charge in [-0.3, -0.25) is 4.79 Å². The zero-order valence-electron chi connectivity index (χ0n) is 12.4. The number of morpholine rings is 1. The molecular weight excluding hydrogens is 325 g/mol. The lowest BCUT2D eigenvalue weighted by Gasteiger charge is -2.35. The van der Waals surface area contributed by atoms with Gasteiger partial charge in [-0.2, -0.15) is 0 Å². The first-order valence-electron chi connectivity index (χ1n) is 7.18. The molecule has 0 N–H and O–H groups in total. The van der Waals surface area contributed by atoms with Gasteiger partial charge in [0.25, 0.3) is 0 Å². The Bertz CT molecular complexity index is 706. The van der Waals surface area contributed by atoms with E-state index in [1.807, 2.05) is 18.7 Å². The lowest BCUT2D eigenvalue weighted by molar-refractivity contribution is -0.142. The summed E-state index contributed by atoms with van der Waals surface area (Å²) in [6, 6.07) is 1.64. The number of ether oxygens (including phenoxy) is 1. The van der Waals surface area contributed by atoms with Crippen molar-refractivity contribution in [1.82, 2.24) is 14.3 Å². The molecule has 5 nitrogen and oxygen atoms in total. The summed E-state index contributed by atoms with van der Waals surface area (Å²) in [5.41, 5.74) is 1.29. The molecule has 1 aliphatic rings. The van der Waals surface area contributed by atoms with Crippen molar-refractivity contribution in [3.63, 3.8) is 0 Å². The molecule has 0 radical (unpaired) electrons. The predicted octanol–water partition coefficient (Wildman–Crippen LogP) is 2.82. The van der Waals surface area contributed by atoms with Crippen LogP contribution in [0, 0.1) is 0 Å². The number of rotatable bonds is 2. The van der Waals surface area contributed by atoms with Gasteiger partial charge in [-0.1, -0.05) is 23.2 Å². The lowest BCUT2D eigenvalue weighted by atomic mass is 10.2. The number of carbonyl (C=O) groups excluding carboxylic acids is 1. The van der Waals surface area contributed by atoms with Gasteiger partial charge in [-0.05, 0) is 19.9 Å². The van der Waals surface area contributed by atoms with Gasteiger partial charge < -0.3 is 14.0 Å². The second-order valence-electron chi connectivity index (χ2n) is 5.70. The summed E-state index contributed by atoms with van der Waals surface area (Å²) in [4.78, 5) is 18.7. The van der Waals surface area contributed by atoms with Crippen LogP contribution in [-0.2, 0) is 16.0 Å². The Labute approximate surface area is 138 Å². The van der Waals surface area contributed by atoms with Crippen LogP contribution >= 0.6 is 23.2 Å². The molecule has 3 heterocycles. The Morgan fingerprint density at radius 1 is 1.32 bits per heavy atom. The molecule has 1 amide bonds. The second kappa shape index (κ2) is 6.07. The molecule has 2 atom stereocenters. The molecule has 2 aromatic rings. The van der Waals surface area contributed by atoms with Crippen LogP contribution in [0.4, 0.5) is 0 Å². The maximum absolute atomic E-state index is 12.4. The number of hydrogen-bond acceptors (Lipinski definition) is 3. The maximum Gasteiger partial charge on any atom is 0.228 e. The fourth-order valence-electron chi connectivity index (χ4n) is 2.81. The first-order chi connectivity index (χ1) is 10.4. The van der Waals surface area contributed by atoms with Crippen LogP contribution in [0.15, 0.2) is 18.5 Å². The van der Waals surface area contributed by atoms with E-state index in [2.05, 4.69) is 4.98 Å². The highest BCUT2D eigenvalue weighted by molar-refractivity contribution is 6.36. The number of aromatic nitrogens is 2. The summed E-state index contributed by atoms with van der Waals surface area (Å²) in [7, 11) is 0. The van der Waals surface area contributed by atoms with Gasteiger partial charge in [0.15, 0.2) is 5.65 Å². The summed E-state index contributed by atoms with van der Waals surface area (Å²) in [6.45, 7) is 5.18. The molecule has 0 spiro atoms. The quantitative estimate of drug-likeness (QED) is 0.843. The first kappa shape index (κ1) is 15.6. The van der Waals surface area contributed by atoms with Gasteiger partial charge in [0.1, 0.15) is 0 Å². The molecule has 1 fully saturated rings. The van der Waals surface area contributed by atoms with Gasteiger partial charge in [0.05, 0.1) is 34.4 Å². The van der Waals surface area contributed by atoms with Crippen LogP contribution in [0.1, 0.15) is 19.5 Å². The average Bonchev–Trinajstić information content (AvgIpc) is 2.80. The third-order valence-electron chi connectivity index (χ3n) is 3.63. The van der Waals surface area contributed by atoms with Crippen molar-refractivity contribution >= 4 is 34.8 Å². The van der Waals surface area contributed by atoms with E-state index in [0.717, 1.165) is 0 Å². The van der Waals surface area contributed by atoms with Crippen LogP contribution in [0.3, 0.4) is 0 Å². The SMILES string of the molecule is C[C@@H]1CN(C(=O)Cc2cn3cc(Cl)cc(Cl)c3n2)C[C@H](C)O1. The highest BCUT2D eigenvalue weighted by Gasteiger charge is 2.26. The van der Waals surface area contributed by atoms with Crippen LogP contribution in [-0.4, -0.2) is 45.5 Å². The molecule has 0 unspecified atom stereocenters. The number of nitrogens with zero attached hydrogens (tertiary/aromatic N) is 3. The Balaban J connectivity index is 1.78. The summed E-state index contributed by atoms with van der Waals surface area (Å²) in [5.74, 6) is 0.0487. The molecule has 3 rings (SSSR count). The molecule has 0 bridgehead atoms. The maximum atomic E-state index is 12.4. The Kier molecular flexibility index (Phi) is 4.30. The third kappa shape index (κ3) is 3.21. The van der Waals surface area contributed by atoms with E-state index >= 15 is 0 Å². The van der Waals surface area contributed by atoms with Crippen molar-refractivity contribution in [3.8, 4) is 0 Å². The van der Waals surface area contributed by atoms with Gasteiger partial charge in [0, 0.05) is 25.5 Å². The van der Waals surface area contributed by atoms with Crippen molar-refractivity contribution in [2.24, 2.45) is 0 Å². The zero-order valence-corrected chi connectivity index (χ0v) is 13.9.